The van der Waals surface area contributed by atoms with Crippen molar-refractivity contribution in [2.75, 3.05) is 0 Å². The highest BCUT2D eigenvalue weighted by Gasteiger charge is 2.69. The standard InChI is InChI=1S/C16H8F4I2O7S/c17-15(18,13(23)28-8-4-2-1-3-5-8)16(19,20)14(24)29-9-6-10(21)12(11(22)7-9)30(25,26)27/h1-7H,(H,25,26,27)/p-1. The van der Waals surface area contributed by atoms with Gasteiger partial charge >= 0.3 is 23.8 Å². The number of alkyl halides is 4. The summed E-state index contributed by atoms with van der Waals surface area (Å²) in [5.74, 6) is -17.9. The van der Waals surface area contributed by atoms with E-state index in [1.54, 1.807) is 0 Å². The van der Waals surface area contributed by atoms with Crippen LogP contribution in [0.3, 0.4) is 0 Å². The average molecular weight is 673 g/mol. The molecule has 0 spiro atoms. The second kappa shape index (κ2) is 8.91. The molecule has 2 aromatic carbocycles. The summed E-state index contributed by atoms with van der Waals surface area (Å²) in [6.07, 6.45) is 0. The zero-order chi connectivity index (χ0) is 22.9. The van der Waals surface area contributed by atoms with Gasteiger partial charge in [0.05, 0.1) is 4.90 Å². The van der Waals surface area contributed by atoms with E-state index in [2.05, 4.69) is 9.47 Å². The van der Waals surface area contributed by atoms with Gasteiger partial charge in [0.1, 0.15) is 21.6 Å². The topological polar surface area (TPSA) is 110 Å². The molecule has 0 aliphatic carbocycles. The third kappa shape index (κ3) is 5.20. The third-order valence-corrected chi connectivity index (χ3v) is 6.67. The van der Waals surface area contributed by atoms with E-state index in [1.165, 1.54) is 63.4 Å². The molecule has 0 N–H and O–H groups in total. The van der Waals surface area contributed by atoms with Gasteiger partial charge in [0.2, 0.25) is 0 Å². The molecular formula is C16H7F4I2O7S-. The molecule has 0 aliphatic rings. The first kappa shape index (κ1) is 24.7. The van der Waals surface area contributed by atoms with Gasteiger partial charge in [-0.3, -0.25) is 0 Å². The van der Waals surface area contributed by atoms with Crippen molar-refractivity contribution in [1.82, 2.24) is 0 Å². The Morgan fingerprint density at radius 2 is 1.23 bits per heavy atom. The van der Waals surface area contributed by atoms with Gasteiger partial charge in [0.15, 0.2) is 0 Å². The highest BCUT2D eigenvalue weighted by Crippen LogP contribution is 2.38. The van der Waals surface area contributed by atoms with Crippen LogP contribution in [-0.4, -0.2) is 36.8 Å². The Hall–Kier alpha value is -1.53. The first-order valence-corrected chi connectivity index (χ1v) is 10.9. The monoisotopic (exact) mass is 673 g/mol. The number of para-hydroxylation sites is 1. The molecule has 0 saturated heterocycles. The van der Waals surface area contributed by atoms with Crippen molar-refractivity contribution in [3.8, 4) is 11.5 Å². The molecule has 0 atom stereocenters. The molecule has 0 unspecified atom stereocenters. The van der Waals surface area contributed by atoms with E-state index >= 15 is 0 Å². The third-order valence-electron chi connectivity index (χ3n) is 3.29. The van der Waals surface area contributed by atoms with E-state index in [0.717, 1.165) is 12.1 Å². The lowest BCUT2D eigenvalue weighted by molar-refractivity contribution is -0.228. The van der Waals surface area contributed by atoms with Crippen LogP contribution >= 0.6 is 45.2 Å². The van der Waals surface area contributed by atoms with Gasteiger partial charge < -0.3 is 14.0 Å². The number of hydrogen-bond donors (Lipinski definition) is 0. The lowest BCUT2D eigenvalue weighted by Crippen LogP contribution is -2.55. The highest BCUT2D eigenvalue weighted by molar-refractivity contribution is 14.1. The number of esters is 2. The molecule has 0 aromatic heterocycles. The largest absolute Gasteiger partial charge is 0.744 e. The summed E-state index contributed by atoms with van der Waals surface area (Å²) in [4.78, 5) is 22.5. The van der Waals surface area contributed by atoms with Crippen molar-refractivity contribution in [2.45, 2.75) is 16.7 Å². The zero-order valence-corrected chi connectivity index (χ0v) is 19.2. The van der Waals surface area contributed by atoms with Gasteiger partial charge in [-0.2, -0.15) is 17.6 Å². The number of ether oxygens (including phenoxy) is 2. The summed E-state index contributed by atoms with van der Waals surface area (Å²) >= 11 is 2.72. The molecule has 0 radical (unpaired) electrons. The summed E-state index contributed by atoms with van der Waals surface area (Å²) in [6.45, 7) is 0. The van der Waals surface area contributed by atoms with Crippen LogP contribution in [0.1, 0.15) is 0 Å². The highest BCUT2D eigenvalue weighted by atomic mass is 127. The van der Waals surface area contributed by atoms with E-state index in [4.69, 9.17) is 0 Å². The van der Waals surface area contributed by atoms with Crippen molar-refractivity contribution >= 4 is 67.2 Å². The summed E-state index contributed by atoms with van der Waals surface area (Å²) in [7, 11) is -4.94. The minimum Gasteiger partial charge on any atom is -0.744 e. The molecule has 0 bridgehead atoms. The average Bonchev–Trinajstić information content (AvgIpc) is 2.60. The lowest BCUT2D eigenvalue weighted by atomic mass is 10.1. The van der Waals surface area contributed by atoms with Crippen LogP contribution in [0, 0.1) is 7.14 Å². The first-order chi connectivity index (χ1) is 13.7. The van der Waals surface area contributed by atoms with E-state index in [0.29, 0.717) is 12.1 Å². The van der Waals surface area contributed by atoms with Crippen LogP contribution < -0.4 is 9.47 Å². The predicted molar refractivity (Wildman–Crippen MR) is 107 cm³/mol. The normalized spacial score (nSPS) is 12.4. The predicted octanol–water partition coefficient (Wildman–Crippen LogP) is 3.58. The van der Waals surface area contributed by atoms with Crippen molar-refractivity contribution in [3.63, 3.8) is 0 Å². The maximum Gasteiger partial charge on any atom is 0.416 e. The molecule has 0 aliphatic heterocycles. The van der Waals surface area contributed by atoms with Gasteiger partial charge in [0, 0.05) is 7.14 Å². The molecule has 162 valence electrons. The molecule has 0 amide bonds. The number of hydrogen-bond acceptors (Lipinski definition) is 7. The summed E-state index contributed by atoms with van der Waals surface area (Å²) < 4.78 is 97.3. The maximum atomic E-state index is 14.0. The van der Waals surface area contributed by atoms with Gasteiger partial charge in [-0.05, 0) is 69.4 Å². The number of rotatable bonds is 6. The quantitative estimate of drug-likeness (QED) is 0.152. The first-order valence-electron chi connectivity index (χ1n) is 7.38. The second-order valence-corrected chi connectivity index (χ2v) is 9.05. The molecule has 0 saturated carbocycles. The van der Waals surface area contributed by atoms with Crippen LogP contribution in [0.2, 0.25) is 0 Å². The van der Waals surface area contributed by atoms with Crippen LogP contribution in [-0.2, 0) is 19.7 Å². The van der Waals surface area contributed by atoms with Crippen LogP contribution in [0.5, 0.6) is 11.5 Å². The lowest BCUT2D eigenvalue weighted by Gasteiger charge is -2.23. The summed E-state index contributed by atoms with van der Waals surface area (Å²) in [6, 6.07) is 7.57. The molecule has 30 heavy (non-hydrogen) atoms. The Bertz CT molecular complexity index is 1070. The minimum atomic E-state index is -5.63. The Balaban J connectivity index is 2.27. The fourth-order valence-electron chi connectivity index (χ4n) is 1.92. The van der Waals surface area contributed by atoms with Crippen LogP contribution in [0.4, 0.5) is 17.6 Å². The van der Waals surface area contributed by atoms with Gasteiger partial charge in [-0.25, -0.2) is 18.0 Å². The number of carbonyl (C=O) groups excluding carboxylic acids is 2. The van der Waals surface area contributed by atoms with Gasteiger partial charge in [-0.15, -0.1) is 0 Å². The number of benzene rings is 2. The van der Waals surface area contributed by atoms with E-state index in [1.807, 2.05) is 0 Å². The van der Waals surface area contributed by atoms with Crippen molar-refractivity contribution in [1.29, 1.82) is 0 Å². The Morgan fingerprint density at radius 1 is 0.833 bits per heavy atom. The fourth-order valence-corrected chi connectivity index (χ4v) is 5.85. The van der Waals surface area contributed by atoms with Crippen molar-refractivity contribution in [2.24, 2.45) is 0 Å². The molecular weight excluding hydrogens is 666 g/mol. The van der Waals surface area contributed by atoms with Crippen LogP contribution in [0.25, 0.3) is 0 Å². The number of halogens is 6. The Morgan fingerprint density at radius 3 is 1.63 bits per heavy atom. The SMILES string of the molecule is O=C(Oc1ccccc1)C(F)(F)C(F)(F)C(=O)Oc1cc(I)c(S(=O)(=O)[O-])c(I)c1. The molecule has 2 rings (SSSR count). The molecule has 14 heteroatoms. The van der Waals surface area contributed by atoms with Crippen LogP contribution in [0.15, 0.2) is 47.4 Å². The Labute approximate surface area is 193 Å². The second-order valence-electron chi connectivity index (χ2n) is 5.41. The molecule has 2 aromatic rings. The van der Waals surface area contributed by atoms with E-state index in [9.17, 15) is 40.1 Å². The zero-order valence-electron chi connectivity index (χ0n) is 14.1. The number of carbonyl (C=O) groups is 2. The Kier molecular flexibility index (Phi) is 7.35. The fraction of sp³-hybridized carbons (Fsp3) is 0.125. The summed E-state index contributed by atoms with van der Waals surface area (Å²) in [5.41, 5.74) is 0. The molecule has 0 fully saturated rings. The molecule has 7 nitrogen and oxygen atoms in total. The maximum absolute atomic E-state index is 14.0. The van der Waals surface area contributed by atoms with Gasteiger partial charge in [0.25, 0.3) is 0 Å². The summed E-state index contributed by atoms with van der Waals surface area (Å²) in [5, 5.41) is 0. The van der Waals surface area contributed by atoms with Crippen molar-refractivity contribution in [3.05, 3.63) is 49.6 Å². The minimum absolute atomic E-state index is 0.295. The molecule has 0 heterocycles. The van der Waals surface area contributed by atoms with E-state index < -0.39 is 50.3 Å². The smallest absolute Gasteiger partial charge is 0.416 e. The van der Waals surface area contributed by atoms with Crippen molar-refractivity contribution < 1.29 is 49.6 Å². The van der Waals surface area contributed by atoms with Gasteiger partial charge in [-0.1, -0.05) is 18.2 Å². The van der Waals surface area contributed by atoms with E-state index in [-0.39, 0.29) is 7.14 Å².